The molecule has 0 unspecified atom stereocenters. The minimum atomic E-state index is -4.66. The number of ketones is 1. The zero-order valence-corrected chi connectivity index (χ0v) is 21.7. The monoisotopic (exact) mass is 579 g/mol. The second-order valence-electron chi connectivity index (χ2n) is 9.77. The summed E-state index contributed by atoms with van der Waals surface area (Å²) in [6.45, 7) is 2.56. The number of carbonyl (C=O) groups excluding carboxylic acids is 1. The molecular formula is C28H24F7N5O. The van der Waals surface area contributed by atoms with Gasteiger partial charge in [0.15, 0.2) is 5.78 Å². The lowest BCUT2D eigenvalue weighted by Gasteiger charge is -2.37. The number of alkyl halides is 6. The quantitative estimate of drug-likeness (QED) is 0.197. The summed E-state index contributed by atoms with van der Waals surface area (Å²) < 4.78 is 95.8. The molecule has 0 amide bonds. The van der Waals surface area contributed by atoms with Crippen molar-refractivity contribution < 1.29 is 35.5 Å². The first-order valence-electron chi connectivity index (χ1n) is 12.7. The van der Waals surface area contributed by atoms with Crippen LogP contribution in [0.25, 0.3) is 5.65 Å². The molecule has 0 saturated carbocycles. The van der Waals surface area contributed by atoms with Crippen molar-refractivity contribution in [2.45, 2.75) is 32.1 Å². The predicted octanol–water partition coefficient (Wildman–Crippen LogP) is 6.36. The van der Waals surface area contributed by atoms with Crippen molar-refractivity contribution in [1.82, 2.24) is 14.4 Å². The van der Waals surface area contributed by atoms with Gasteiger partial charge in [0.1, 0.15) is 23.0 Å². The molecule has 216 valence electrons. The number of pyridine rings is 2. The van der Waals surface area contributed by atoms with Gasteiger partial charge in [-0.15, -0.1) is 0 Å². The van der Waals surface area contributed by atoms with Gasteiger partial charge in [0.05, 0.1) is 16.8 Å². The van der Waals surface area contributed by atoms with Crippen LogP contribution in [0.15, 0.2) is 54.9 Å². The Kier molecular flexibility index (Phi) is 7.39. The Morgan fingerprint density at radius 1 is 0.902 bits per heavy atom. The van der Waals surface area contributed by atoms with Crippen LogP contribution in [0.2, 0.25) is 0 Å². The highest BCUT2D eigenvalue weighted by Gasteiger charge is 2.36. The van der Waals surface area contributed by atoms with E-state index in [1.165, 1.54) is 28.7 Å². The number of Topliss-reactive ketones (excluding diaryl/α,β-unsaturated/α-hetero) is 1. The number of nitrogens with zero attached hydrogens (tertiary/aromatic N) is 5. The van der Waals surface area contributed by atoms with Gasteiger partial charge >= 0.3 is 12.4 Å². The molecule has 0 bridgehead atoms. The van der Waals surface area contributed by atoms with E-state index >= 15 is 0 Å². The maximum atomic E-state index is 14.1. The molecule has 1 aromatic carbocycles. The molecule has 0 aliphatic carbocycles. The topological polar surface area (TPSA) is 53.7 Å². The lowest BCUT2D eigenvalue weighted by Crippen LogP contribution is -2.47. The summed E-state index contributed by atoms with van der Waals surface area (Å²) in [7, 11) is 0. The minimum absolute atomic E-state index is 0.0132. The SMILES string of the molecule is Cc1nc2ccc(F)cn2c1C(=O)CCc1ccc(N2CCN(c3ccc(C(F)(F)F)cn3)CC2)c(C(F)(F)F)c1. The van der Waals surface area contributed by atoms with E-state index in [1.807, 2.05) is 0 Å². The average molecular weight is 580 g/mol. The van der Waals surface area contributed by atoms with Crippen LogP contribution < -0.4 is 9.80 Å². The molecule has 3 aromatic heterocycles. The van der Waals surface area contributed by atoms with Gasteiger partial charge in [-0.2, -0.15) is 26.3 Å². The largest absolute Gasteiger partial charge is 0.418 e. The first-order chi connectivity index (χ1) is 19.3. The number of carbonyl (C=O) groups is 1. The van der Waals surface area contributed by atoms with Gasteiger partial charge in [0, 0.05) is 50.7 Å². The molecule has 4 heterocycles. The molecule has 0 spiro atoms. The number of anilines is 2. The molecule has 13 heteroatoms. The number of hydrogen-bond donors (Lipinski definition) is 0. The molecule has 1 aliphatic rings. The zero-order chi connectivity index (χ0) is 29.5. The molecular weight excluding hydrogens is 555 g/mol. The molecule has 0 N–H and O–H groups in total. The van der Waals surface area contributed by atoms with Gasteiger partial charge in [-0.05, 0) is 55.3 Å². The Morgan fingerprint density at radius 3 is 2.24 bits per heavy atom. The number of imidazole rings is 1. The van der Waals surface area contributed by atoms with Crippen molar-refractivity contribution in [3.63, 3.8) is 0 Å². The predicted molar refractivity (Wildman–Crippen MR) is 138 cm³/mol. The second-order valence-corrected chi connectivity index (χ2v) is 9.77. The first-order valence-corrected chi connectivity index (χ1v) is 12.7. The highest BCUT2D eigenvalue weighted by atomic mass is 19.4. The van der Waals surface area contributed by atoms with E-state index in [9.17, 15) is 35.5 Å². The van der Waals surface area contributed by atoms with Gasteiger partial charge in [-0.1, -0.05) is 6.07 Å². The van der Waals surface area contributed by atoms with Gasteiger partial charge in [-0.3, -0.25) is 9.20 Å². The number of fused-ring (bicyclic) bond motifs is 1. The second kappa shape index (κ2) is 10.7. The zero-order valence-electron chi connectivity index (χ0n) is 21.7. The highest BCUT2D eigenvalue weighted by molar-refractivity contribution is 5.96. The molecule has 4 aromatic rings. The van der Waals surface area contributed by atoms with Crippen molar-refractivity contribution in [3.8, 4) is 0 Å². The van der Waals surface area contributed by atoms with Crippen molar-refractivity contribution >= 4 is 22.9 Å². The molecule has 5 rings (SSSR count). The van der Waals surface area contributed by atoms with Crippen LogP contribution in [0.3, 0.4) is 0 Å². The van der Waals surface area contributed by atoms with Gasteiger partial charge in [0.25, 0.3) is 0 Å². The lowest BCUT2D eigenvalue weighted by molar-refractivity contribution is -0.138. The lowest BCUT2D eigenvalue weighted by atomic mass is 10.0. The Hall–Kier alpha value is -4.16. The van der Waals surface area contributed by atoms with Crippen LogP contribution >= 0.6 is 0 Å². The number of benzene rings is 1. The first kappa shape index (κ1) is 28.4. The number of hydrogen-bond acceptors (Lipinski definition) is 5. The Morgan fingerprint density at radius 2 is 1.61 bits per heavy atom. The normalized spacial score (nSPS) is 14.6. The van der Waals surface area contributed by atoms with Crippen molar-refractivity contribution in [3.05, 3.63) is 88.8 Å². The molecule has 1 saturated heterocycles. The fourth-order valence-electron chi connectivity index (χ4n) is 5.01. The third-order valence-corrected chi connectivity index (χ3v) is 7.05. The van der Waals surface area contributed by atoms with Crippen LogP contribution in [0.4, 0.5) is 42.2 Å². The molecule has 6 nitrogen and oxygen atoms in total. The fourth-order valence-corrected chi connectivity index (χ4v) is 5.01. The van der Waals surface area contributed by atoms with E-state index < -0.39 is 29.3 Å². The third-order valence-electron chi connectivity index (χ3n) is 7.05. The Labute approximate surface area is 230 Å². The summed E-state index contributed by atoms with van der Waals surface area (Å²) in [6, 6.07) is 8.80. The average Bonchev–Trinajstić information content (AvgIpc) is 3.25. The van der Waals surface area contributed by atoms with E-state index in [1.54, 1.807) is 22.8 Å². The standard InChI is InChI=1S/C28H24F7N5O/c1-17-26(40-16-20(29)5-9-25(40)37-17)23(41)7-3-18-2-6-22(21(14-18)28(33,34)35)38-10-12-39(13-11-38)24-8-4-19(15-36-24)27(30,31)32/h2,4-6,8-9,14-16H,3,7,10-13H2,1H3. The van der Waals surface area contributed by atoms with Gasteiger partial charge in [0.2, 0.25) is 0 Å². The van der Waals surface area contributed by atoms with Gasteiger partial charge < -0.3 is 9.80 Å². The van der Waals surface area contributed by atoms with E-state index in [4.69, 9.17) is 0 Å². The summed E-state index contributed by atoms with van der Waals surface area (Å²) >= 11 is 0. The maximum absolute atomic E-state index is 14.1. The number of aromatic nitrogens is 3. The number of piperazine rings is 1. The fraction of sp³-hybridized carbons (Fsp3) is 0.321. The van der Waals surface area contributed by atoms with Crippen molar-refractivity contribution in [2.75, 3.05) is 36.0 Å². The molecule has 1 fully saturated rings. The smallest absolute Gasteiger partial charge is 0.367 e. The van der Waals surface area contributed by atoms with Crippen molar-refractivity contribution in [1.29, 1.82) is 0 Å². The number of aryl methyl sites for hydroxylation is 2. The van der Waals surface area contributed by atoms with Crippen LogP contribution in [-0.2, 0) is 18.8 Å². The Bertz CT molecular complexity index is 1570. The van der Waals surface area contributed by atoms with Gasteiger partial charge in [-0.25, -0.2) is 14.4 Å². The maximum Gasteiger partial charge on any atom is 0.418 e. The molecule has 0 radical (unpaired) electrons. The summed E-state index contributed by atoms with van der Waals surface area (Å²) in [6.07, 6.45) is -7.34. The summed E-state index contributed by atoms with van der Waals surface area (Å²) in [5, 5.41) is 0. The van der Waals surface area contributed by atoms with E-state index in [-0.39, 0.29) is 56.2 Å². The van der Waals surface area contributed by atoms with Crippen LogP contribution in [0.5, 0.6) is 0 Å². The van der Waals surface area contributed by atoms with Crippen LogP contribution in [0, 0.1) is 12.7 Å². The van der Waals surface area contributed by atoms with E-state index in [2.05, 4.69) is 9.97 Å². The molecule has 41 heavy (non-hydrogen) atoms. The summed E-state index contributed by atoms with van der Waals surface area (Å²) in [5.74, 6) is -0.602. The minimum Gasteiger partial charge on any atom is -0.367 e. The summed E-state index contributed by atoms with van der Waals surface area (Å²) in [4.78, 5) is 24.4. The van der Waals surface area contributed by atoms with Crippen molar-refractivity contribution in [2.24, 2.45) is 0 Å². The van der Waals surface area contributed by atoms with Crippen LogP contribution in [-0.4, -0.2) is 46.3 Å². The highest BCUT2D eigenvalue weighted by Crippen LogP contribution is 2.38. The van der Waals surface area contributed by atoms with Crippen LogP contribution in [0.1, 0.15) is 39.3 Å². The molecule has 1 aliphatic heterocycles. The molecule has 0 atom stereocenters. The number of rotatable bonds is 6. The Balaban J connectivity index is 1.29. The van der Waals surface area contributed by atoms with E-state index in [0.29, 0.717) is 22.7 Å². The third kappa shape index (κ3) is 5.98. The summed E-state index contributed by atoms with van der Waals surface area (Å²) in [5.41, 5.74) is -0.425. The van der Waals surface area contributed by atoms with E-state index in [0.717, 1.165) is 24.5 Å². The number of halogens is 7.